The molecule has 0 radical (unpaired) electrons. The SMILES string of the molecule is O=C1COc2cc(S(=O)(=O)n3ccc4ccc(N5CCN6CCCC6C5)cc43)ccc2N1. The van der Waals surface area contributed by atoms with E-state index < -0.39 is 10.0 Å². The fraction of sp³-hybridized carbons (Fsp3) is 0.348. The Morgan fingerprint density at radius 3 is 2.84 bits per heavy atom. The third-order valence-corrected chi connectivity index (χ3v) is 8.42. The number of fused-ring (bicyclic) bond motifs is 3. The number of ether oxygens (including phenoxy) is 1. The molecule has 32 heavy (non-hydrogen) atoms. The lowest BCUT2D eigenvalue weighted by atomic mass is 10.1. The maximum Gasteiger partial charge on any atom is 0.268 e. The van der Waals surface area contributed by atoms with Crippen LogP contribution in [0, 0.1) is 0 Å². The molecule has 2 aromatic carbocycles. The number of carbonyl (C=O) groups is 1. The van der Waals surface area contributed by atoms with Gasteiger partial charge in [0.05, 0.1) is 16.1 Å². The average Bonchev–Trinajstić information content (AvgIpc) is 3.44. The van der Waals surface area contributed by atoms with Crippen molar-refractivity contribution in [2.75, 3.05) is 43.0 Å². The van der Waals surface area contributed by atoms with Crippen molar-refractivity contribution in [2.24, 2.45) is 0 Å². The van der Waals surface area contributed by atoms with E-state index in [1.54, 1.807) is 12.3 Å². The Balaban J connectivity index is 1.36. The molecule has 2 fully saturated rings. The minimum Gasteiger partial charge on any atom is -0.482 e. The molecule has 0 spiro atoms. The molecule has 1 amide bonds. The number of anilines is 2. The van der Waals surface area contributed by atoms with Gasteiger partial charge >= 0.3 is 0 Å². The van der Waals surface area contributed by atoms with Gasteiger partial charge in [-0.1, -0.05) is 6.07 Å². The van der Waals surface area contributed by atoms with Gasteiger partial charge in [0.25, 0.3) is 15.9 Å². The summed E-state index contributed by atoms with van der Waals surface area (Å²) >= 11 is 0. The monoisotopic (exact) mass is 452 g/mol. The second kappa shape index (κ2) is 7.25. The van der Waals surface area contributed by atoms with Crippen LogP contribution in [0.4, 0.5) is 11.4 Å². The van der Waals surface area contributed by atoms with Gasteiger partial charge in [0.15, 0.2) is 6.61 Å². The number of benzene rings is 2. The number of amides is 1. The van der Waals surface area contributed by atoms with E-state index in [1.165, 1.54) is 35.5 Å². The molecule has 3 aromatic rings. The van der Waals surface area contributed by atoms with Crippen LogP contribution in [-0.4, -0.2) is 62.0 Å². The molecule has 0 bridgehead atoms. The van der Waals surface area contributed by atoms with Gasteiger partial charge in [-0.2, -0.15) is 0 Å². The van der Waals surface area contributed by atoms with Crippen molar-refractivity contribution in [3.8, 4) is 5.75 Å². The second-order valence-electron chi connectivity index (χ2n) is 8.63. The lowest BCUT2D eigenvalue weighted by Gasteiger charge is -2.38. The molecule has 1 aromatic heterocycles. The molecule has 6 rings (SSSR count). The smallest absolute Gasteiger partial charge is 0.268 e. The van der Waals surface area contributed by atoms with Gasteiger partial charge < -0.3 is 15.0 Å². The third kappa shape index (κ3) is 3.15. The Labute approximate surface area is 186 Å². The topological polar surface area (TPSA) is 83.9 Å². The average molecular weight is 453 g/mol. The number of aromatic nitrogens is 1. The maximum absolute atomic E-state index is 13.5. The summed E-state index contributed by atoms with van der Waals surface area (Å²) in [4.78, 5) is 16.5. The van der Waals surface area contributed by atoms with E-state index in [0.717, 1.165) is 30.7 Å². The summed E-state index contributed by atoms with van der Waals surface area (Å²) in [6.07, 6.45) is 4.08. The van der Waals surface area contributed by atoms with Gasteiger partial charge in [-0.25, -0.2) is 12.4 Å². The summed E-state index contributed by atoms with van der Waals surface area (Å²) in [6.45, 7) is 4.04. The van der Waals surface area contributed by atoms with Crippen LogP contribution in [0.15, 0.2) is 53.6 Å². The van der Waals surface area contributed by atoms with E-state index in [4.69, 9.17) is 4.74 Å². The van der Waals surface area contributed by atoms with Crippen LogP contribution in [0.2, 0.25) is 0 Å². The van der Waals surface area contributed by atoms with Crippen molar-refractivity contribution < 1.29 is 17.9 Å². The first-order chi connectivity index (χ1) is 15.5. The number of carbonyl (C=O) groups excluding carboxylic acids is 1. The lowest BCUT2D eigenvalue weighted by Crippen LogP contribution is -2.50. The van der Waals surface area contributed by atoms with E-state index in [-0.39, 0.29) is 17.4 Å². The van der Waals surface area contributed by atoms with E-state index in [1.807, 2.05) is 18.2 Å². The van der Waals surface area contributed by atoms with E-state index in [0.29, 0.717) is 23.0 Å². The zero-order valence-corrected chi connectivity index (χ0v) is 18.3. The number of rotatable bonds is 3. The number of nitrogens with zero attached hydrogens (tertiary/aromatic N) is 3. The molecule has 8 nitrogen and oxygen atoms in total. The van der Waals surface area contributed by atoms with Gasteiger partial charge in [0.1, 0.15) is 5.75 Å². The van der Waals surface area contributed by atoms with Crippen molar-refractivity contribution in [3.05, 3.63) is 48.7 Å². The normalized spacial score (nSPS) is 21.2. The van der Waals surface area contributed by atoms with E-state index in [2.05, 4.69) is 21.2 Å². The van der Waals surface area contributed by atoms with Crippen molar-refractivity contribution in [1.82, 2.24) is 8.87 Å². The van der Waals surface area contributed by atoms with Crippen molar-refractivity contribution >= 4 is 38.2 Å². The Morgan fingerprint density at radius 2 is 1.94 bits per heavy atom. The van der Waals surface area contributed by atoms with Gasteiger partial charge in [0.2, 0.25) is 0 Å². The van der Waals surface area contributed by atoms with Gasteiger partial charge in [-0.15, -0.1) is 0 Å². The zero-order valence-electron chi connectivity index (χ0n) is 17.5. The zero-order chi connectivity index (χ0) is 21.9. The summed E-state index contributed by atoms with van der Waals surface area (Å²) in [5.41, 5.74) is 2.19. The minimum absolute atomic E-state index is 0.120. The number of hydrogen-bond acceptors (Lipinski definition) is 6. The van der Waals surface area contributed by atoms with Crippen molar-refractivity contribution in [2.45, 2.75) is 23.8 Å². The fourth-order valence-corrected chi connectivity index (χ4v) is 6.41. The first-order valence-electron chi connectivity index (χ1n) is 10.9. The molecule has 9 heteroatoms. The van der Waals surface area contributed by atoms with Gasteiger partial charge in [-0.3, -0.25) is 9.69 Å². The molecule has 1 unspecified atom stereocenters. The van der Waals surface area contributed by atoms with Crippen LogP contribution >= 0.6 is 0 Å². The number of piperazine rings is 1. The van der Waals surface area contributed by atoms with Crippen LogP contribution in [0.25, 0.3) is 10.9 Å². The first-order valence-corrected chi connectivity index (χ1v) is 12.4. The molecule has 1 atom stereocenters. The maximum atomic E-state index is 13.5. The second-order valence-corrected chi connectivity index (χ2v) is 10.4. The number of nitrogens with one attached hydrogen (secondary N) is 1. The highest BCUT2D eigenvalue weighted by atomic mass is 32.2. The summed E-state index contributed by atoms with van der Waals surface area (Å²) in [5.74, 6) is 0.104. The standard InChI is InChI=1S/C23H24N4O4S/c28-23-15-31-22-13-19(5-6-20(22)24-23)32(29,30)27-9-7-16-3-4-17(12-21(16)27)26-11-10-25-8-1-2-18(25)14-26/h3-7,9,12-13,18H,1-2,8,10-11,14-15H2,(H,24,28). The summed E-state index contributed by atoms with van der Waals surface area (Å²) < 4.78 is 33.7. The highest BCUT2D eigenvalue weighted by Gasteiger charge is 2.31. The largest absolute Gasteiger partial charge is 0.482 e. The predicted molar refractivity (Wildman–Crippen MR) is 122 cm³/mol. The molecule has 4 heterocycles. The Kier molecular flexibility index (Phi) is 4.44. The van der Waals surface area contributed by atoms with Crippen LogP contribution in [0.1, 0.15) is 12.8 Å². The Morgan fingerprint density at radius 1 is 1.03 bits per heavy atom. The molecule has 1 N–H and O–H groups in total. The molecule has 2 saturated heterocycles. The fourth-order valence-electron chi connectivity index (χ4n) is 5.05. The summed E-state index contributed by atoms with van der Waals surface area (Å²) in [7, 11) is -3.83. The molecular formula is C23H24N4O4S. The molecule has 0 aliphatic carbocycles. The van der Waals surface area contributed by atoms with Crippen LogP contribution < -0.4 is 15.0 Å². The van der Waals surface area contributed by atoms with Gasteiger partial charge in [0, 0.05) is 49.0 Å². The van der Waals surface area contributed by atoms with E-state index >= 15 is 0 Å². The Hall–Kier alpha value is -3.04. The van der Waals surface area contributed by atoms with E-state index in [9.17, 15) is 13.2 Å². The molecule has 3 aliphatic rings. The third-order valence-electron chi connectivity index (χ3n) is 6.74. The summed E-state index contributed by atoms with van der Waals surface area (Å²) in [5, 5.41) is 3.56. The number of hydrogen-bond donors (Lipinski definition) is 1. The highest BCUT2D eigenvalue weighted by Crippen LogP contribution is 2.33. The predicted octanol–water partition coefficient (Wildman–Crippen LogP) is 2.49. The Bertz CT molecular complexity index is 1330. The minimum atomic E-state index is -3.83. The van der Waals surface area contributed by atoms with Crippen LogP contribution in [0.5, 0.6) is 5.75 Å². The quantitative estimate of drug-likeness (QED) is 0.658. The first kappa shape index (κ1) is 19.6. The van der Waals surface area contributed by atoms with Crippen LogP contribution in [-0.2, 0) is 14.8 Å². The molecule has 166 valence electrons. The molecule has 3 aliphatic heterocycles. The van der Waals surface area contributed by atoms with Crippen LogP contribution in [0.3, 0.4) is 0 Å². The van der Waals surface area contributed by atoms with Crippen molar-refractivity contribution in [1.29, 1.82) is 0 Å². The van der Waals surface area contributed by atoms with Gasteiger partial charge in [-0.05, 0) is 49.7 Å². The lowest BCUT2D eigenvalue weighted by molar-refractivity contribution is -0.118. The molecular weight excluding hydrogens is 428 g/mol. The highest BCUT2D eigenvalue weighted by molar-refractivity contribution is 7.90. The molecule has 0 saturated carbocycles. The summed E-state index contributed by atoms with van der Waals surface area (Å²) in [6, 6.07) is 13.0. The van der Waals surface area contributed by atoms with Crippen molar-refractivity contribution in [3.63, 3.8) is 0 Å².